The van der Waals surface area contributed by atoms with Crippen LogP contribution < -0.4 is 0 Å². The number of hydrogen-bond acceptors (Lipinski definition) is 4. The molecule has 0 saturated heterocycles. The Morgan fingerprint density at radius 3 is 2.15 bits per heavy atom. The summed E-state index contributed by atoms with van der Waals surface area (Å²) in [5, 5.41) is 30.5. The average molecular weight is 286 g/mol. The largest absolute Gasteiger partial charge is 0.396 e. The van der Waals surface area contributed by atoms with Gasteiger partial charge < -0.3 is 20.1 Å². The van der Waals surface area contributed by atoms with Crippen LogP contribution in [-0.4, -0.2) is 45.3 Å². The minimum Gasteiger partial charge on any atom is -0.396 e. The first-order chi connectivity index (χ1) is 9.04. The zero-order valence-corrected chi connectivity index (χ0v) is 13.3. The first-order valence-corrected chi connectivity index (χ1v) is 7.73. The summed E-state index contributed by atoms with van der Waals surface area (Å²) in [5.74, 6) is 0.360. The van der Waals surface area contributed by atoms with E-state index in [0.717, 1.165) is 12.8 Å². The number of ether oxygens (including phenoxy) is 1. The molecule has 2 rings (SSSR count). The highest BCUT2D eigenvalue weighted by atomic mass is 16.5. The Balaban J connectivity index is 2.19. The maximum absolute atomic E-state index is 10.7. The molecule has 0 unspecified atom stereocenters. The van der Waals surface area contributed by atoms with Gasteiger partial charge in [0.2, 0.25) is 0 Å². The summed E-state index contributed by atoms with van der Waals surface area (Å²) >= 11 is 0. The smallest absolute Gasteiger partial charge is 0.0687 e. The van der Waals surface area contributed by atoms with E-state index in [0.29, 0.717) is 5.92 Å². The van der Waals surface area contributed by atoms with Crippen molar-refractivity contribution in [3.05, 3.63) is 0 Å². The molecule has 0 aromatic carbocycles. The second-order valence-electron chi connectivity index (χ2n) is 8.20. The second-order valence-corrected chi connectivity index (χ2v) is 8.20. The van der Waals surface area contributed by atoms with Crippen LogP contribution >= 0.6 is 0 Å². The van der Waals surface area contributed by atoms with Crippen molar-refractivity contribution in [2.24, 2.45) is 23.7 Å². The van der Waals surface area contributed by atoms with Gasteiger partial charge in [-0.1, -0.05) is 0 Å². The van der Waals surface area contributed by atoms with Gasteiger partial charge >= 0.3 is 0 Å². The fraction of sp³-hybridized carbons (Fsp3) is 1.00. The van der Waals surface area contributed by atoms with E-state index in [1.807, 2.05) is 20.8 Å². The summed E-state index contributed by atoms with van der Waals surface area (Å²) in [6.45, 7) is 9.65. The Bertz CT molecular complexity index is 341. The van der Waals surface area contributed by atoms with Crippen molar-refractivity contribution in [1.82, 2.24) is 0 Å². The quantitative estimate of drug-likeness (QED) is 0.736. The molecule has 0 aromatic heterocycles. The first kappa shape index (κ1) is 16.2. The van der Waals surface area contributed by atoms with E-state index in [2.05, 4.69) is 0 Å². The van der Waals surface area contributed by atoms with Gasteiger partial charge in [0.25, 0.3) is 0 Å². The van der Waals surface area contributed by atoms with Crippen LogP contribution in [0, 0.1) is 23.7 Å². The number of fused-ring (bicyclic) bond motifs is 1. The second kappa shape index (κ2) is 5.24. The van der Waals surface area contributed by atoms with E-state index in [1.54, 1.807) is 13.8 Å². The number of hydrogen-bond donors (Lipinski definition) is 3. The van der Waals surface area contributed by atoms with E-state index in [9.17, 15) is 15.3 Å². The maximum Gasteiger partial charge on any atom is 0.0687 e. The maximum atomic E-state index is 10.7. The van der Waals surface area contributed by atoms with E-state index in [-0.39, 0.29) is 36.1 Å². The Morgan fingerprint density at radius 2 is 1.70 bits per heavy atom. The van der Waals surface area contributed by atoms with Crippen molar-refractivity contribution < 1.29 is 20.1 Å². The monoisotopic (exact) mass is 286 g/mol. The van der Waals surface area contributed by atoms with E-state index < -0.39 is 11.7 Å². The predicted molar refractivity (Wildman–Crippen MR) is 77.2 cm³/mol. The fourth-order valence-electron chi connectivity index (χ4n) is 4.19. The van der Waals surface area contributed by atoms with Crippen LogP contribution in [0.2, 0.25) is 0 Å². The molecule has 2 fully saturated rings. The molecule has 2 saturated carbocycles. The fourth-order valence-corrected chi connectivity index (χ4v) is 4.19. The van der Waals surface area contributed by atoms with Gasteiger partial charge in [-0.25, -0.2) is 0 Å². The molecule has 118 valence electrons. The molecule has 20 heavy (non-hydrogen) atoms. The summed E-state index contributed by atoms with van der Waals surface area (Å²) in [5.41, 5.74) is -1.16. The van der Waals surface area contributed by atoms with Crippen LogP contribution in [0.25, 0.3) is 0 Å². The minimum absolute atomic E-state index is 0.0304. The molecule has 0 bridgehead atoms. The van der Waals surface area contributed by atoms with Crippen molar-refractivity contribution in [3.63, 3.8) is 0 Å². The third-order valence-electron chi connectivity index (χ3n) is 4.99. The molecule has 4 heteroatoms. The van der Waals surface area contributed by atoms with E-state index in [1.165, 1.54) is 0 Å². The normalized spacial score (nSPS) is 42.0. The Kier molecular flexibility index (Phi) is 4.25. The molecule has 2 aliphatic carbocycles. The molecule has 0 heterocycles. The summed E-state index contributed by atoms with van der Waals surface area (Å²) in [6.07, 6.45) is 1.03. The molecule has 3 N–H and O–H groups in total. The Morgan fingerprint density at radius 1 is 1.10 bits per heavy atom. The molecule has 0 radical (unpaired) electrons. The van der Waals surface area contributed by atoms with Crippen molar-refractivity contribution in [2.45, 2.75) is 70.9 Å². The number of aliphatic hydroxyl groups excluding tert-OH is 2. The van der Waals surface area contributed by atoms with Gasteiger partial charge in [0.15, 0.2) is 0 Å². The van der Waals surface area contributed by atoms with Gasteiger partial charge in [0.1, 0.15) is 0 Å². The van der Waals surface area contributed by atoms with Crippen molar-refractivity contribution >= 4 is 0 Å². The van der Waals surface area contributed by atoms with Crippen molar-refractivity contribution in [1.29, 1.82) is 0 Å². The summed E-state index contributed by atoms with van der Waals surface area (Å²) in [7, 11) is 0. The SMILES string of the molecule is CC(C)(C)O[C@@H]1[C@@H](CO)C[C@H]2C[C@H](C(C)(C)O)[C@@H](O)[C@H]21. The molecule has 0 aromatic rings. The Labute approximate surface area is 122 Å². The molecule has 4 nitrogen and oxygen atoms in total. The van der Waals surface area contributed by atoms with Crippen LogP contribution in [0.3, 0.4) is 0 Å². The van der Waals surface area contributed by atoms with Crippen molar-refractivity contribution in [2.75, 3.05) is 6.61 Å². The molecule has 2 aliphatic rings. The van der Waals surface area contributed by atoms with E-state index >= 15 is 0 Å². The summed E-state index contributed by atoms with van der Waals surface area (Å²) in [4.78, 5) is 0. The van der Waals surface area contributed by atoms with Crippen LogP contribution in [0.4, 0.5) is 0 Å². The third-order valence-corrected chi connectivity index (χ3v) is 4.99. The first-order valence-electron chi connectivity index (χ1n) is 7.73. The van der Waals surface area contributed by atoms with Gasteiger partial charge in [0.05, 0.1) is 23.4 Å². The highest BCUT2D eigenvalue weighted by Crippen LogP contribution is 2.53. The lowest BCUT2D eigenvalue weighted by atomic mass is 9.84. The summed E-state index contributed by atoms with van der Waals surface area (Å²) < 4.78 is 6.15. The third kappa shape index (κ3) is 3.03. The number of rotatable bonds is 3. The molecular formula is C16H30O4. The Hall–Kier alpha value is -0.160. The van der Waals surface area contributed by atoms with Gasteiger partial charge in [-0.2, -0.15) is 0 Å². The standard InChI is InChI=1S/C16H30O4/c1-15(2,3)20-14-10(8-17)6-9-7-11(16(4,5)19)13(18)12(9)14/h9-14,17-19H,6-8H2,1-5H3/t9-,10+,11-,12-,13+,14+/m0/s1. The van der Waals surface area contributed by atoms with Crippen LogP contribution in [0.15, 0.2) is 0 Å². The van der Waals surface area contributed by atoms with Gasteiger partial charge in [0, 0.05) is 24.4 Å². The lowest BCUT2D eigenvalue weighted by Gasteiger charge is -2.36. The number of aliphatic hydroxyl groups is 3. The lowest BCUT2D eigenvalue weighted by molar-refractivity contribution is -0.128. The highest BCUT2D eigenvalue weighted by molar-refractivity contribution is 5.06. The zero-order chi connectivity index (χ0) is 15.3. The highest BCUT2D eigenvalue weighted by Gasteiger charge is 2.57. The molecule has 0 amide bonds. The average Bonchev–Trinajstić information content (AvgIpc) is 2.74. The van der Waals surface area contributed by atoms with Crippen molar-refractivity contribution in [3.8, 4) is 0 Å². The van der Waals surface area contributed by atoms with Crippen LogP contribution in [-0.2, 0) is 4.74 Å². The molecule has 6 atom stereocenters. The van der Waals surface area contributed by atoms with Crippen LogP contribution in [0.5, 0.6) is 0 Å². The predicted octanol–water partition coefficient (Wildman–Crippen LogP) is 1.57. The zero-order valence-electron chi connectivity index (χ0n) is 13.3. The van der Waals surface area contributed by atoms with Gasteiger partial charge in [-0.3, -0.25) is 0 Å². The topological polar surface area (TPSA) is 69.9 Å². The molecule has 0 spiro atoms. The molecular weight excluding hydrogens is 256 g/mol. The molecule has 0 aliphatic heterocycles. The van der Waals surface area contributed by atoms with Gasteiger partial charge in [-0.05, 0) is 53.4 Å². The van der Waals surface area contributed by atoms with E-state index in [4.69, 9.17) is 4.74 Å². The summed E-state index contributed by atoms with van der Waals surface area (Å²) in [6, 6.07) is 0. The van der Waals surface area contributed by atoms with Crippen LogP contribution in [0.1, 0.15) is 47.5 Å². The lowest BCUT2D eigenvalue weighted by Crippen LogP contribution is -2.44. The minimum atomic E-state index is -0.870. The van der Waals surface area contributed by atoms with Gasteiger partial charge in [-0.15, -0.1) is 0 Å².